The molecule has 82 valence electrons. The summed E-state index contributed by atoms with van der Waals surface area (Å²) in [7, 11) is 2.03. The van der Waals surface area contributed by atoms with Crippen LogP contribution < -0.4 is 4.90 Å². The summed E-state index contributed by atoms with van der Waals surface area (Å²) in [5.41, 5.74) is 3.75. The Bertz CT molecular complexity index is 358. The number of rotatable bonds is 4. The fraction of sp³-hybridized carbons (Fsp3) is 0.462. The predicted octanol–water partition coefficient (Wildman–Crippen LogP) is 2.72. The lowest BCUT2D eigenvalue weighted by molar-refractivity contribution is -0.116. The molecule has 0 spiro atoms. The van der Waals surface area contributed by atoms with Gasteiger partial charge in [0.15, 0.2) is 0 Å². The number of anilines is 1. The molecule has 0 saturated carbocycles. The van der Waals surface area contributed by atoms with Gasteiger partial charge in [-0.15, -0.1) is 0 Å². The maximum Gasteiger partial charge on any atom is 0.131 e. The Balaban J connectivity index is 2.73. The number of hydrogen-bond acceptors (Lipinski definition) is 2. The summed E-state index contributed by atoms with van der Waals surface area (Å²) < 4.78 is 0. The van der Waals surface area contributed by atoms with E-state index in [1.54, 1.807) is 6.92 Å². The summed E-state index contributed by atoms with van der Waals surface area (Å²) in [5.74, 6) is 0.242. The largest absolute Gasteiger partial charge is 0.374 e. The monoisotopic (exact) mass is 205 g/mol. The van der Waals surface area contributed by atoms with Crippen LogP contribution in [-0.4, -0.2) is 19.4 Å². The molecule has 0 saturated heterocycles. The van der Waals surface area contributed by atoms with Gasteiger partial charge >= 0.3 is 0 Å². The van der Waals surface area contributed by atoms with Crippen LogP contribution in [0.3, 0.4) is 0 Å². The molecule has 15 heavy (non-hydrogen) atoms. The third-order valence-corrected chi connectivity index (χ3v) is 2.56. The molecule has 0 aromatic heterocycles. The van der Waals surface area contributed by atoms with E-state index in [1.807, 2.05) is 7.05 Å². The molecule has 0 aliphatic carbocycles. The minimum atomic E-state index is 0.242. The number of hydrogen-bond donors (Lipinski definition) is 0. The molecule has 1 aromatic rings. The highest BCUT2D eigenvalue weighted by molar-refractivity contribution is 5.76. The van der Waals surface area contributed by atoms with Gasteiger partial charge in [-0.3, -0.25) is 4.79 Å². The van der Waals surface area contributed by atoms with E-state index >= 15 is 0 Å². The average molecular weight is 205 g/mol. The summed E-state index contributed by atoms with van der Waals surface area (Å²) in [4.78, 5) is 13.0. The molecule has 1 rings (SSSR count). The lowest BCUT2D eigenvalue weighted by atomic mass is 10.1. The minimum absolute atomic E-state index is 0.242. The van der Waals surface area contributed by atoms with E-state index in [2.05, 4.69) is 36.9 Å². The van der Waals surface area contributed by atoms with Crippen molar-refractivity contribution in [2.24, 2.45) is 0 Å². The molecule has 0 radical (unpaired) electrons. The minimum Gasteiger partial charge on any atom is -0.374 e. The highest BCUT2D eigenvalue weighted by Gasteiger charge is 2.05. The molecule has 0 aliphatic heterocycles. The number of aryl methyl sites for hydroxylation is 2. The van der Waals surface area contributed by atoms with Gasteiger partial charge in [-0.1, -0.05) is 17.7 Å². The van der Waals surface area contributed by atoms with Gasteiger partial charge in [0.2, 0.25) is 0 Å². The van der Waals surface area contributed by atoms with Crippen molar-refractivity contribution in [3.8, 4) is 0 Å². The first-order valence-corrected chi connectivity index (χ1v) is 5.28. The fourth-order valence-corrected chi connectivity index (χ4v) is 1.68. The topological polar surface area (TPSA) is 20.3 Å². The normalized spacial score (nSPS) is 10.1. The summed E-state index contributed by atoms with van der Waals surface area (Å²) in [6.07, 6.45) is 0.615. The number of benzene rings is 1. The number of carbonyl (C=O) groups excluding carboxylic acids is 1. The van der Waals surface area contributed by atoms with Gasteiger partial charge in [0, 0.05) is 25.7 Å². The maximum absolute atomic E-state index is 10.9. The molecular formula is C13H19NO. The van der Waals surface area contributed by atoms with Crippen LogP contribution in [0.5, 0.6) is 0 Å². The third kappa shape index (κ3) is 3.39. The zero-order valence-electron chi connectivity index (χ0n) is 10.0. The van der Waals surface area contributed by atoms with Gasteiger partial charge < -0.3 is 4.90 Å². The summed E-state index contributed by atoms with van der Waals surface area (Å²) in [6.45, 7) is 6.62. The van der Waals surface area contributed by atoms with Crippen LogP contribution in [0.25, 0.3) is 0 Å². The van der Waals surface area contributed by atoms with Gasteiger partial charge in [-0.2, -0.15) is 0 Å². The van der Waals surface area contributed by atoms with Crippen LogP contribution in [0.1, 0.15) is 24.5 Å². The zero-order valence-corrected chi connectivity index (χ0v) is 10.0. The van der Waals surface area contributed by atoms with Gasteiger partial charge in [-0.25, -0.2) is 0 Å². The number of Topliss-reactive ketones (excluding diaryl/α,β-unsaturated/α-hetero) is 1. The Hall–Kier alpha value is -1.31. The lowest BCUT2D eigenvalue weighted by Gasteiger charge is -2.21. The van der Waals surface area contributed by atoms with Crippen LogP contribution >= 0.6 is 0 Å². The van der Waals surface area contributed by atoms with E-state index in [0.717, 1.165) is 6.54 Å². The van der Waals surface area contributed by atoms with E-state index in [1.165, 1.54) is 16.8 Å². The molecule has 0 amide bonds. The van der Waals surface area contributed by atoms with E-state index in [9.17, 15) is 4.79 Å². The van der Waals surface area contributed by atoms with Gasteiger partial charge in [-0.05, 0) is 32.4 Å². The molecule has 0 unspecified atom stereocenters. The van der Waals surface area contributed by atoms with Crippen molar-refractivity contribution in [3.63, 3.8) is 0 Å². The second-order valence-electron chi connectivity index (χ2n) is 4.16. The van der Waals surface area contributed by atoms with Crippen LogP contribution in [0.2, 0.25) is 0 Å². The molecule has 0 heterocycles. The summed E-state index contributed by atoms with van der Waals surface area (Å²) >= 11 is 0. The number of nitrogens with zero attached hydrogens (tertiary/aromatic N) is 1. The lowest BCUT2D eigenvalue weighted by Crippen LogP contribution is -2.21. The Morgan fingerprint density at radius 3 is 2.53 bits per heavy atom. The number of carbonyl (C=O) groups is 1. The first kappa shape index (κ1) is 11.8. The fourth-order valence-electron chi connectivity index (χ4n) is 1.68. The second kappa shape index (κ2) is 4.96. The van der Waals surface area contributed by atoms with E-state index in [-0.39, 0.29) is 5.78 Å². The van der Waals surface area contributed by atoms with Crippen molar-refractivity contribution >= 4 is 11.5 Å². The zero-order chi connectivity index (χ0) is 11.4. The smallest absolute Gasteiger partial charge is 0.131 e. The molecule has 2 heteroatoms. The number of ketones is 1. The molecular weight excluding hydrogens is 186 g/mol. The average Bonchev–Trinajstić information content (AvgIpc) is 2.14. The highest BCUT2D eigenvalue weighted by atomic mass is 16.1. The van der Waals surface area contributed by atoms with Gasteiger partial charge in [0.05, 0.1) is 0 Å². The van der Waals surface area contributed by atoms with Crippen molar-refractivity contribution < 1.29 is 4.79 Å². The highest BCUT2D eigenvalue weighted by Crippen LogP contribution is 2.19. The molecule has 0 atom stereocenters. The summed E-state index contributed by atoms with van der Waals surface area (Å²) in [5, 5.41) is 0. The molecule has 0 bridgehead atoms. The Labute approximate surface area is 91.9 Å². The quantitative estimate of drug-likeness (QED) is 0.753. The SMILES string of the molecule is CC(=O)CCN(C)c1ccc(C)cc1C. The van der Waals surface area contributed by atoms with E-state index in [0.29, 0.717) is 6.42 Å². The molecule has 0 aliphatic rings. The first-order valence-electron chi connectivity index (χ1n) is 5.28. The van der Waals surface area contributed by atoms with E-state index < -0.39 is 0 Å². The van der Waals surface area contributed by atoms with Gasteiger partial charge in [0.1, 0.15) is 5.78 Å². The Morgan fingerprint density at radius 2 is 2.00 bits per heavy atom. The van der Waals surface area contributed by atoms with Crippen LogP contribution in [0, 0.1) is 13.8 Å². The molecule has 0 N–H and O–H groups in total. The van der Waals surface area contributed by atoms with Gasteiger partial charge in [0.25, 0.3) is 0 Å². The van der Waals surface area contributed by atoms with Crippen molar-refractivity contribution in [2.75, 3.05) is 18.5 Å². The van der Waals surface area contributed by atoms with Crippen molar-refractivity contribution in [3.05, 3.63) is 29.3 Å². The van der Waals surface area contributed by atoms with Crippen molar-refractivity contribution in [2.45, 2.75) is 27.2 Å². The standard InChI is InChI=1S/C13H19NO/c1-10-5-6-13(11(2)9-10)14(4)8-7-12(3)15/h5-6,9H,7-8H2,1-4H3. The molecule has 0 fully saturated rings. The Kier molecular flexibility index (Phi) is 3.89. The Morgan fingerprint density at radius 1 is 1.33 bits per heavy atom. The van der Waals surface area contributed by atoms with Crippen LogP contribution in [-0.2, 0) is 4.79 Å². The maximum atomic E-state index is 10.9. The second-order valence-corrected chi connectivity index (χ2v) is 4.16. The summed E-state index contributed by atoms with van der Waals surface area (Å²) in [6, 6.07) is 6.39. The predicted molar refractivity (Wildman–Crippen MR) is 64.5 cm³/mol. The molecule has 2 nitrogen and oxygen atoms in total. The van der Waals surface area contributed by atoms with Crippen molar-refractivity contribution in [1.82, 2.24) is 0 Å². The van der Waals surface area contributed by atoms with Crippen LogP contribution in [0.4, 0.5) is 5.69 Å². The van der Waals surface area contributed by atoms with Crippen molar-refractivity contribution in [1.29, 1.82) is 0 Å². The third-order valence-electron chi connectivity index (χ3n) is 2.56. The first-order chi connectivity index (χ1) is 7.00. The van der Waals surface area contributed by atoms with Crippen LogP contribution in [0.15, 0.2) is 18.2 Å². The molecule has 1 aromatic carbocycles. The van der Waals surface area contributed by atoms with E-state index in [4.69, 9.17) is 0 Å².